The molecule has 2 nitrogen and oxygen atoms in total. The predicted molar refractivity (Wildman–Crippen MR) is 61.9 cm³/mol. The normalized spacial score (nSPS) is 21.6. The summed E-state index contributed by atoms with van der Waals surface area (Å²) in [5, 5.41) is 9.65. The zero-order chi connectivity index (χ0) is 11.5. The Morgan fingerprint density at radius 1 is 1.50 bits per heavy atom. The summed E-state index contributed by atoms with van der Waals surface area (Å²) >= 11 is 5.97. The number of hydrogen-bond donors (Lipinski definition) is 1. The third kappa shape index (κ3) is 2.54. The van der Waals surface area contributed by atoms with Crippen molar-refractivity contribution in [2.75, 3.05) is 13.2 Å². The summed E-state index contributed by atoms with van der Waals surface area (Å²) < 4.78 is 12.9. The minimum absolute atomic E-state index is 0.179. The van der Waals surface area contributed by atoms with Crippen molar-refractivity contribution in [2.45, 2.75) is 25.4 Å². The van der Waals surface area contributed by atoms with Gasteiger partial charge in [-0.25, -0.2) is 4.39 Å². The molecule has 1 unspecified atom stereocenters. The molecule has 0 aliphatic carbocycles. The maximum Gasteiger partial charge on any atom is 0.124 e. The molecular formula is C12H15ClFNO. The largest absolute Gasteiger partial charge is 0.395 e. The Bertz CT molecular complexity index is 372. The number of aliphatic hydroxyl groups excluding tert-OH is 1. The molecule has 0 bridgehead atoms. The second kappa shape index (κ2) is 5.13. The van der Waals surface area contributed by atoms with Crippen LogP contribution in [-0.2, 0) is 6.54 Å². The molecule has 1 aliphatic rings. The molecule has 1 aromatic carbocycles. The minimum Gasteiger partial charge on any atom is -0.395 e. The monoisotopic (exact) mass is 243 g/mol. The fourth-order valence-corrected chi connectivity index (χ4v) is 2.41. The van der Waals surface area contributed by atoms with Crippen LogP contribution in [0, 0.1) is 5.82 Å². The highest BCUT2D eigenvalue weighted by Gasteiger charge is 2.24. The van der Waals surface area contributed by atoms with E-state index in [-0.39, 0.29) is 18.5 Å². The third-order valence-electron chi connectivity index (χ3n) is 3.10. The summed E-state index contributed by atoms with van der Waals surface area (Å²) in [5.74, 6) is -0.311. The van der Waals surface area contributed by atoms with Crippen LogP contribution in [0.3, 0.4) is 0 Å². The van der Waals surface area contributed by atoms with Gasteiger partial charge in [-0.15, -0.1) is 0 Å². The van der Waals surface area contributed by atoms with Crippen LogP contribution in [0.1, 0.15) is 18.4 Å². The lowest BCUT2D eigenvalue weighted by atomic mass is 10.2. The van der Waals surface area contributed by atoms with E-state index in [2.05, 4.69) is 4.90 Å². The van der Waals surface area contributed by atoms with Crippen molar-refractivity contribution in [1.29, 1.82) is 0 Å². The van der Waals surface area contributed by atoms with E-state index >= 15 is 0 Å². The van der Waals surface area contributed by atoms with E-state index in [4.69, 9.17) is 11.6 Å². The first-order valence-electron chi connectivity index (χ1n) is 5.49. The molecule has 0 saturated carbocycles. The molecule has 1 aromatic rings. The van der Waals surface area contributed by atoms with E-state index in [0.29, 0.717) is 11.6 Å². The Morgan fingerprint density at radius 3 is 3.00 bits per heavy atom. The maximum absolute atomic E-state index is 12.9. The van der Waals surface area contributed by atoms with E-state index in [1.807, 2.05) is 0 Å². The molecule has 1 atom stereocenters. The van der Waals surface area contributed by atoms with Gasteiger partial charge < -0.3 is 5.11 Å². The van der Waals surface area contributed by atoms with Crippen LogP contribution in [0.5, 0.6) is 0 Å². The van der Waals surface area contributed by atoms with Crippen molar-refractivity contribution in [1.82, 2.24) is 4.90 Å². The Labute approximate surface area is 99.6 Å². The summed E-state index contributed by atoms with van der Waals surface area (Å²) in [4.78, 5) is 2.19. The van der Waals surface area contributed by atoms with Gasteiger partial charge in [-0.2, -0.15) is 0 Å². The molecule has 1 aliphatic heterocycles. The highest BCUT2D eigenvalue weighted by atomic mass is 35.5. The SMILES string of the molecule is OCC1CCCN1Cc1ccc(F)cc1Cl. The van der Waals surface area contributed by atoms with E-state index in [1.165, 1.54) is 12.1 Å². The average molecular weight is 244 g/mol. The fourth-order valence-electron chi connectivity index (χ4n) is 2.18. The molecule has 0 radical (unpaired) electrons. The van der Waals surface area contributed by atoms with Crippen LogP contribution in [0.25, 0.3) is 0 Å². The van der Waals surface area contributed by atoms with Gasteiger partial charge in [-0.05, 0) is 37.1 Å². The first-order chi connectivity index (χ1) is 7.70. The Hall–Kier alpha value is -0.640. The molecule has 0 aromatic heterocycles. The predicted octanol–water partition coefficient (Wildman–Crippen LogP) is 2.44. The van der Waals surface area contributed by atoms with E-state index in [1.54, 1.807) is 6.07 Å². The summed E-state index contributed by atoms with van der Waals surface area (Å²) in [6, 6.07) is 4.69. The second-order valence-electron chi connectivity index (χ2n) is 4.18. The second-order valence-corrected chi connectivity index (χ2v) is 4.59. The summed E-state index contributed by atoms with van der Waals surface area (Å²) in [7, 11) is 0. The molecule has 16 heavy (non-hydrogen) atoms. The Balaban J connectivity index is 2.08. The average Bonchev–Trinajstić information content (AvgIpc) is 2.69. The van der Waals surface area contributed by atoms with Gasteiger partial charge in [0.15, 0.2) is 0 Å². The van der Waals surface area contributed by atoms with Crippen LogP contribution < -0.4 is 0 Å². The van der Waals surface area contributed by atoms with Crippen molar-refractivity contribution in [2.24, 2.45) is 0 Å². The van der Waals surface area contributed by atoms with Gasteiger partial charge in [0.2, 0.25) is 0 Å². The van der Waals surface area contributed by atoms with Gasteiger partial charge in [0.1, 0.15) is 5.82 Å². The molecular weight excluding hydrogens is 229 g/mol. The quantitative estimate of drug-likeness (QED) is 0.882. The van der Waals surface area contributed by atoms with Crippen LogP contribution >= 0.6 is 11.6 Å². The van der Waals surface area contributed by atoms with Crippen LogP contribution in [-0.4, -0.2) is 29.2 Å². The van der Waals surface area contributed by atoms with Crippen LogP contribution in [0.4, 0.5) is 4.39 Å². The number of halogens is 2. The molecule has 88 valence electrons. The number of likely N-dealkylation sites (tertiary alicyclic amines) is 1. The van der Waals surface area contributed by atoms with Gasteiger partial charge in [0, 0.05) is 17.6 Å². The number of nitrogens with zero attached hydrogens (tertiary/aromatic N) is 1. The fraction of sp³-hybridized carbons (Fsp3) is 0.500. The lowest BCUT2D eigenvalue weighted by Crippen LogP contribution is -2.31. The first kappa shape index (κ1) is 11.8. The highest BCUT2D eigenvalue weighted by molar-refractivity contribution is 6.31. The van der Waals surface area contributed by atoms with Gasteiger partial charge >= 0.3 is 0 Å². The first-order valence-corrected chi connectivity index (χ1v) is 5.87. The molecule has 4 heteroatoms. The standard InChI is InChI=1S/C12H15ClFNO/c13-12-6-10(14)4-3-9(12)7-15-5-1-2-11(15)8-16/h3-4,6,11,16H,1-2,5,7-8H2. The third-order valence-corrected chi connectivity index (χ3v) is 3.45. The van der Waals surface area contributed by atoms with Crippen LogP contribution in [0.2, 0.25) is 5.02 Å². The number of aliphatic hydroxyl groups is 1. The molecule has 2 rings (SSSR count). The molecule has 0 amide bonds. The van der Waals surface area contributed by atoms with Crippen molar-refractivity contribution in [3.63, 3.8) is 0 Å². The minimum atomic E-state index is -0.311. The topological polar surface area (TPSA) is 23.5 Å². The summed E-state index contributed by atoms with van der Waals surface area (Å²) in [6.45, 7) is 1.84. The molecule has 1 heterocycles. The van der Waals surface area contributed by atoms with E-state index < -0.39 is 0 Å². The van der Waals surface area contributed by atoms with Crippen molar-refractivity contribution >= 4 is 11.6 Å². The van der Waals surface area contributed by atoms with Gasteiger partial charge in [-0.1, -0.05) is 17.7 Å². The number of benzene rings is 1. The van der Waals surface area contributed by atoms with E-state index in [0.717, 1.165) is 24.9 Å². The van der Waals surface area contributed by atoms with Gasteiger partial charge in [0.05, 0.1) is 6.61 Å². The lowest BCUT2D eigenvalue weighted by Gasteiger charge is -2.23. The summed E-state index contributed by atoms with van der Waals surface area (Å²) in [5.41, 5.74) is 0.920. The highest BCUT2D eigenvalue weighted by Crippen LogP contribution is 2.24. The van der Waals surface area contributed by atoms with Gasteiger partial charge in [0.25, 0.3) is 0 Å². The number of rotatable bonds is 3. The smallest absolute Gasteiger partial charge is 0.124 e. The molecule has 1 saturated heterocycles. The summed E-state index contributed by atoms with van der Waals surface area (Å²) in [6.07, 6.45) is 2.12. The Kier molecular flexibility index (Phi) is 3.79. The van der Waals surface area contributed by atoms with Crippen molar-refractivity contribution in [3.05, 3.63) is 34.6 Å². The Morgan fingerprint density at radius 2 is 2.31 bits per heavy atom. The van der Waals surface area contributed by atoms with Crippen LogP contribution in [0.15, 0.2) is 18.2 Å². The van der Waals surface area contributed by atoms with Crippen molar-refractivity contribution < 1.29 is 9.50 Å². The molecule has 0 spiro atoms. The van der Waals surface area contributed by atoms with Gasteiger partial charge in [-0.3, -0.25) is 4.90 Å². The molecule has 1 N–H and O–H groups in total. The van der Waals surface area contributed by atoms with E-state index in [9.17, 15) is 9.50 Å². The molecule has 1 fully saturated rings. The number of hydrogen-bond acceptors (Lipinski definition) is 2. The lowest BCUT2D eigenvalue weighted by molar-refractivity contribution is 0.153. The zero-order valence-electron chi connectivity index (χ0n) is 9.00. The maximum atomic E-state index is 12.9. The zero-order valence-corrected chi connectivity index (χ0v) is 9.75. The van der Waals surface area contributed by atoms with Crippen molar-refractivity contribution in [3.8, 4) is 0 Å².